The first-order chi connectivity index (χ1) is 14.3. The predicted octanol–water partition coefficient (Wildman–Crippen LogP) is 1.17. The van der Waals surface area contributed by atoms with Crippen molar-refractivity contribution < 1.29 is 23.9 Å². The maximum absolute atomic E-state index is 13.5. The van der Waals surface area contributed by atoms with Crippen LogP contribution in [0.1, 0.15) is 17.2 Å². The minimum atomic E-state index is -0.940. The van der Waals surface area contributed by atoms with E-state index in [-0.39, 0.29) is 23.1 Å². The zero-order chi connectivity index (χ0) is 22.3. The molecule has 158 valence electrons. The van der Waals surface area contributed by atoms with Gasteiger partial charge in [0.05, 0.1) is 17.1 Å². The first kappa shape index (κ1) is 22.6. The fourth-order valence-electron chi connectivity index (χ4n) is 3.03. The molecule has 0 aliphatic heterocycles. The van der Waals surface area contributed by atoms with E-state index in [1.165, 1.54) is 12.1 Å². The van der Waals surface area contributed by atoms with E-state index in [1.54, 1.807) is 0 Å². The number of hydrogen-bond donors (Lipinski definition) is 5. The average Bonchev–Trinajstić information content (AvgIpc) is 3.02. The van der Waals surface area contributed by atoms with Crippen molar-refractivity contribution >= 4 is 41.5 Å². The number of nitrogens with one attached hydrogen (secondary N) is 2. The van der Waals surface area contributed by atoms with Crippen molar-refractivity contribution in [3.63, 3.8) is 0 Å². The van der Waals surface area contributed by atoms with Crippen LogP contribution in [0.5, 0.6) is 0 Å². The van der Waals surface area contributed by atoms with Crippen LogP contribution in [0.3, 0.4) is 0 Å². The summed E-state index contributed by atoms with van der Waals surface area (Å²) < 4.78 is 13.5. The number of hydrogen-bond acceptors (Lipinski definition) is 4. The Morgan fingerprint density at radius 3 is 2.50 bits per heavy atom. The zero-order valence-corrected chi connectivity index (χ0v) is 16.3. The van der Waals surface area contributed by atoms with Crippen LogP contribution in [-0.2, 0) is 20.8 Å². The number of carbonyl (C=O) groups is 3. The van der Waals surface area contributed by atoms with E-state index < -0.39 is 29.7 Å². The fraction of sp³-hybridized carbons (Fsp3) is 0.158. The Balaban J connectivity index is 0.00000101. The molecule has 0 saturated heterocycles. The number of guanidine groups is 1. The monoisotopic (exact) mass is 435 g/mol. The minimum absolute atomic E-state index is 0.0833. The van der Waals surface area contributed by atoms with E-state index in [0.29, 0.717) is 6.42 Å². The maximum atomic E-state index is 13.5. The van der Waals surface area contributed by atoms with E-state index in [1.807, 2.05) is 24.3 Å². The summed E-state index contributed by atoms with van der Waals surface area (Å²) in [7, 11) is 0. The first-order valence-corrected chi connectivity index (χ1v) is 8.96. The molecule has 0 aromatic heterocycles. The summed E-state index contributed by atoms with van der Waals surface area (Å²) in [5.74, 6) is -2.63. The second-order valence-corrected chi connectivity index (χ2v) is 6.57. The Bertz CT molecular complexity index is 981. The van der Waals surface area contributed by atoms with Gasteiger partial charge in [-0.15, -0.1) is 0 Å². The molecule has 2 aromatic rings. The summed E-state index contributed by atoms with van der Waals surface area (Å²) in [6, 6.07) is 10.2. The van der Waals surface area contributed by atoms with Crippen LogP contribution >= 0.6 is 11.6 Å². The second kappa shape index (κ2) is 10.2. The van der Waals surface area contributed by atoms with Gasteiger partial charge in [-0.2, -0.15) is 0 Å². The molecule has 7 N–H and O–H groups in total. The molecule has 0 heterocycles. The zero-order valence-electron chi connectivity index (χ0n) is 15.5. The fourth-order valence-corrected chi connectivity index (χ4v) is 3.15. The van der Waals surface area contributed by atoms with E-state index in [0.717, 1.165) is 17.2 Å². The van der Waals surface area contributed by atoms with Crippen molar-refractivity contribution in [2.24, 2.45) is 16.5 Å². The normalized spacial score (nSPS) is 16.3. The molecule has 0 radical (unpaired) electrons. The van der Waals surface area contributed by atoms with Gasteiger partial charge in [0, 0.05) is 5.69 Å². The lowest BCUT2D eigenvalue weighted by atomic mass is 10.1. The van der Waals surface area contributed by atoms with Gasteiger partial charge in [-0.1, -0.05) is 35.9 Å². The molecule has 3 rings (SSSR count). The summed E-state index contributed by atoms with van der Waals surface area (Å²) in [4.78, 5) is 37.0. The third-order valence-electron chi connectivity index (χ3n) is 4.19. The molecule has 11 heteroatoms. The molecule has 0 saturated carbocycles. The van der Waals surface area contributed by atoms with Crippen molar-refractivity contribution in [2.45, 2.75) is 18.5 Å². The molecular formula is C19H19ClFN5O4. The van der Waals surface area contributed by atoms with Crippen LogP contribution < -0.4 is 22.1 Å². The minimum Gasteiger partial charge on any atom is -0.483 e. The Morgan fingerprint density at radius 2 is 1.87 bits per heavy atom. The highest BCUT2D eigenvalue weighted by molar-refractivity contribution is 6.39. The van der Waals surface area contributed by atoms with Gasteiger partial charge in [-0.25, -0.2) is 9.38 Å². The van der Waals surface area contributed by atoms with Gasteiger partial charge in [0.15, 0.2) is 5.96 Å². The number of aliphatic imine (C=N–C) groups is 1. The molecule has 1 aliphatic rings. The van der Waals surface area contributed by atoms with Crippen LogP contribution in [0.4, 0.5) is 10.1 Å². The average molecular weight is 436 g/mol. The Hall–Kier alpha value is -3.66. The van der Waals surface area contributed by atoms with Crippen LogP contribution in [0.15, 0.2) is 47.5 Å². The summed E-state index contributed by atoms with van der Waals surface area (Å²) in [5.41, 5.74) is 12.9. The number of carbonyl (C=O) groups excluding carboxylic acids is 2. The standard InChI is InChI=1S/C18H17ClFN5O2.CH2O2/c19-12-6-5-10(8-13(12)20)23-16(26)17(27)25-15-11-4-2-1-3-9(11)7-14(15)24-18(21)22;2-1-3/h1-6,8,14-15H,7H2,(H,23,26)(H,25,27)(H4,21,22,24);1H,(H,2,3)/t14-,15-;/m1./s1. The third-order valence-corrected chi connectivity index (χ3v) is 4.50. The largest absolute Gasteiger partial charge is 0.483 e. The van der Waals surface area contributed by atoms with Crippen molar-refractivity contribution in [2.75, 3.05) is 5.32 Å². The van der Waals surface area contributed by atoms with Crippen LogP contribution in [0.2, 0.25) is 5.02 Å². The van der Waals surface area contributed by atoms with E-state index in [2.05, 4.69) is 15.6 Å². The molecule has 2 aromatic carbocycles. The second-order valence-electron chi connectivity index (χ2n) is 6.16. The van der Waals surface area contributed by atoms with Gasteiger partial charge >= 0.3 is 11.8 Å². The lowest BCUT2D eigenvalue weighted by molar-refractivity contribution is -0.136. The number of benzene rings is 2. The SMILES string of the molecule is NC(N)=N[C@@H]1Cc2ccccc2[C@H]1NC(=O)C(=O)Nc1ccc(Cl)c(F)c1.O=CO. The van der Waals surface area contributed by atoms with Crippen LogP contribution in [0.25, 0.3) is 0 Å². The van der Waals surface area contributed by atoms with E-state index in [9.17, 15) is 14.0 Å². The smallest absolute Gasteiger partial charge is 0.313 e. The Labute approximate surface area is 175 Å². The maximum Gasteiger partial charge on any atom is 0.313 e. The molecule has 0 unspecified atom stereocenters. The number of rotatable bonds is 3. The molecule has 0 bridgehead atoms. The molecule has 2 amide bonds. The number of amides is 2. The molecule has 0 spiro atoms. The quantitative estimate of drug-likeness (QED) is 0.210. The highest BCUT2D eigenvalue weighted by Gasteiger charge is 2.34. The van der Waals surface area contributed by atoms with Gasteiger partial charge in [0.2, 0.25) is 0 Å². The summed E-state index contributed by atoms with van der Waals surface area (Å²) in [6.07, 6.45) is 0.531. The van der Waals surface area contributed by atoms with Gasteiger partial charge in [0.1, 0.15) is 5.82 Å². The number of anilines is 1. The Morgan fingerprint density at radius 1 is 1.20 bits per heavy atom. The number of carboxylic acid groups (broad SMARTS) is 1. The van der Waals surface area contributed by atoms with Crippen molar-refractivity contribution in [3.05, 3.63) is 64.4 Å². The topological polar surface area (TPSA) is 160 Å². The van der Waals surface area contributed by atoms with Crippen molar-refractivity contribution in [1.29, 1.82) is 0 Å². The van der Waals surface area contributed by atoms with Crippen LogP contribution in [-0.4, -0.2) is 35.4 Å². The van der Waals surface area contributed by atoms with Gasteiger partial charge in [-0.05, 0) is 35.7 Å². The first-order valence-electron chi connectivity index (χ1n) is 8.58. The molecule has 2 atom stereocenters. The summed E-state index contributed by atoms with van der Waals surface area (Å²) >= 11 is 5.60. The number of nitrogens with two attached hydrogens (primary N) is 2. The predicted molar refractivity (Wildman–Crippen MR) is 109 cm³/mol. The molecule has 9 nitrogen and oxygen atoms in total. The van der Waals surface area contributed by atoms with E-state index in [4.69, 9.17) is 33.0 Å². The lowest BCUT2D eigenvalue weighted by Gasteiger charge is -2.19. The number of halogens is 2. The van der Waals surface area contributed by atoms with Crippen molar-refractivity contribution in [1.82, 2.24) is 5.32 Å². The molecular weight excluding hydrogens is 417 g/mol. The summed E-state index contributed by atoms with van der Waals surface area (Å²) in [6.45, 7) is -0.250. The van der Waals surface area contributed by atoms with E-state index >= 15 is 0 Å². The highest BCUT2D eigenvalue weighted by atomic mass is 35.5. The Kier molecular flexibility index (Phi) is 7.70. The number of nitrogens with zero attached hydrogens (tertiary/aromatic N) is 1. The van der Waals surface area contributed by atoms with Gasteiger partial charge in [0.25, 0.3) is 6.47 Å². The van der Waals surface area contributed by atoms with Crippen molar-refractivity contribution in [3.8, 4) is 0 Å². The third kappa shape index (κ3) is 5.67. The molecule has 1 aliphatic carbocycles. The summed E-state index contributed by atoms with van der Waals surface area (Å²) in [5, 5.41) is 11.8. The highest BCUT2D eigenvalue weighted by Crippen LogP contribution is 2.33. The number of fused-ring (bicyclic) bond motifs is 1. The van der Waals surface area contributed by atoms with Gasteiger partial charge in [-0.3, -0.25) is 14.4 Å². The van der Waals surface area contributed by atoms with Crippen LogP contribution in [0, 0.1) is 5.82 Å². The molecule has 30 heavy (non-hydrogen) atoms. The lowest BCUT2D eigenvalue weighted by Crippen LogP contribution is -2.41. The molecule has 0 fully saturated rings. The van der Waals surface area contributed by atoms with Gasteiger partial charge < -0.3 is 27.2 Å².